The third kappa shape index (κ3) is 34.4. The number of nitrogens with zero attached hydrogens (tertiary/aromatic N) is 6. The second-order valence-corrected chi connectivity index (χ2v) is 37.3. The molecule has 6 nitrogen and oxygen atoms in total. The van der Waals surface area contributed by atoms with Gasteiger partial charge < -0.3 is 9.80 Å². The van der Waals surface area contributed by atoms with Crippen molar-refractivity contribution in [3.63, 3.8) is 0 Å². The molecule has 56 heteroatoms. The lowest BCUT2D eigenvalue weighted by Gasteiger charge is -2.28. The first kappa shape index (κ1) is 113. The van der Waals surface area contributed by atoms with Gasteiger partial charge in [-0.1, -0.05) is 152 Å². The maximum absolute atomic E-state index is 5.25. The summed E-state index contributed by atoms with van der Waals surface area (Å²) in [4.78, 5) is 4.96. The molecule has 0 N–H and O–H groups in total. The highest BCUT2D eigenvalue weighted by atomic mass is 15.4. The van der Waals surface area contributed by atoms with Gasteiger partial charge in [0.05, 0.1) is 17.5 Å². The van der Waals surface area contributed by atoms with Crippen LogP contribution in [0.5, 0.6) is 0 Å². The van der Waals surface area contributed by atoms with Crippen LogP contribution in [-0.4, -0.2) is 380 Å². The Labute approximate surface area is 822 Å². The molecule has 10 unspecified atom stereocenters. The molecule has 0 spiro atoms. The van der Waals surface area contributed by atoms with Crippen LogP contribution in [0.2, 0.25) is 29.1 Å². The van der Waals surface area contributed by atoms with Crippen molar-refractivity contribution < 1.29 is 18.3 Å². The first-order valence-corrected chi connectivity index (χ1v) is 45.4. The van der Waals surface area contributed by atoms with Crippen LogP contribution in [0.4, 0.5) is 11.4 Å². The fourth-order valence-corrected chi connectivity index (χ4v) is 16.4. The lowest BCUT2D eigenvalue weighted by atomic mass is 8.64. The maximum atomic E-state index is 5.25. The first-order chi connectivity index (χ1) is 60.3. The van der Waals surface area contributed by atoms with Gasteiger partial charge in [0, 0.05) is 413 Å². The van der Waals surface area contributed by atoms with E-state index >= 15 is 0 Å². The van der Waals surface area contributed by atoms with Crippen LogP contribution >= 0.6 is 0 Å². The van der Waals surface area contributed by atoms with Crippen LogP contribution in [0, 0.1) is 11.8 Å². The van der Waals surface area contributed by atoms with E-state index in [1.54, 1.807) is 0 Å². The number of rotatable bonds is 24. The monoisotopic (exact) mass is 1590 g/mol. The minimum Gasteiger partial charge on any atom is -0.355 e. The molecule has 55 radical (unpaired) electrons. The van der Waals surface area contributed by atoms with Gasteiger partial charge in [0.2, 0.25) is 11.0 Å². The quantitative estimate of drug-likeness (QED) is 0.0448. The van der Waals surface area contributed by atoms with Gasteiger partial charge in [0.15, 0.2) is 42.4 Å². The van der Waals surface area contributed by atoms with Crippen LogP contribution in [-0.2, 0) is 41.0 Å². The van der Waals surface area contributed by atoms with Gasteiger partial charge in [-0.2, -0.15) is 9.13 Å². The number of hydrogen-bond donors (Lipinski definition) is 0. The van der Waals surface area contributed by atoms with Gasteiger partial charge in [-0.25, -0.2) is 9.13 Å². The fraction of sp³-hybridized carbons (Fsp3) is 0.417. The molecule has 9 aromatic rings. The van der Waals surface area contributed by atoms with E-state index in [-0.39, 0.29) is 31.9 Å². The first-order valence-electron chi connectivity index (χ1n) is 45.4. The fourth-order valence-electron chi connectivity index (χ4n) is 16.4. The summed E-state index contributed by atoms with van der Waals surface area (Å²) in [5.74, 6) is 9.70. The Morgan fingerprint density at radius 2 is 0.602 bits per heavy atom. The zero-order valence-corrected chi connectivity index (χ0v) is 79.1. The maximum Gasteiger partial charge on any atom is 0.212 e. The topological polar surface area (TPSA) is 22.0 Å². The molecule has 5 fully saturated rings. The SMILES string of the molecule is CC(C)Cc1ccc2c(ccc(C3BC3C)[n+]2C)c1.CC(C)Cc1ccc2c[n+](C)c(C3BC3C)cc2c1.CC1BC1N1c2ccccc2N(C)[C@@H]1C.CC1BC1c1cc2ccccc2c[n+]1C.CC1BC1c1ccc2ccccc2[n+]1C.[B][B]B(B([B])[B])B([B])[B].[B][B]B(B([B])[B])B([B])[B].[B][B]B(B([B])[B])B([B])[B].[B][B]B(B([B])[B])B([B])[B].[B][B]B(B([B])[B])B([B])[B]. The highest BCUT2D eigenvalue weighted by Gasteiger charge is 2.47. The van der Waals surface area contributed by atoms with Gasteiger partial charge in [-0.05, 0) is 108 Å². The van der Waals surface area contributed by atoms with E-state index in [1.165, 1.54) is 173 Å². The second-order valence-electron chi connectivity index (χ2n) is 37.3. The Morgan fingerprint density at radius 3 is 0.938 bits per heavy atom. The molecule has 557 valence electrons. The lowest BCUT2D eigenvalue weighted by Crippen LogP contribution is -2.55. The Hall–Kier alpha value is -3.41. The number of para-hydroxylation sites is 3. The molecule has 128 heavy (non-hydrogen) atoms. The summed E-state index contributed by atoms with van der Waals surface area (Å²) in [6, 6.07) is 53.7. The summed E-state index contributed by atoms with van der Waals surface area (Å²) in [5, 5.41) is 8.16. The Morgan fingerprint density at radius 1 is 0.320 bits per heavy atom. The van der Waals surface area contributed by atoms with Crippen LogP contribution in [0.1, 0.15) is 126 Å². The molecule has 6 aliphatic rings. The zero-order valence-electron chi connectivity index (χ0n) is 79.1. The van der Waals surface area contributed by atoms with Crippen molar-refractivity contribution in [3.8, 4) is 0 Å². The molecule has 15 rings (SSSR count). The molecule has 0 saturated carbocycles. The number of fused-ring (bicyclic) bond motifs is 5. The normalized spacial score (nSPS) is 18.7. The summed E-state index contributed by atoms with van der Waals surface area (Å²) < 4.78 is 9.35. The smallest absolute Gasteiger partial charge is 0.212 e. The van der Waals surface area contributed by atoms with Crippen LogP contribution in [0.15, 0.2) is 158 Å². The number of hydrogen-bond acceptors (Lipinski definition) is 2. The Bertz CT molecular complexity index is 4660. The van der Waals surface area contributed by atoms with Crippen molar-refractivity contribution in [2.45, 2.75) is 147 Å². The second kappa shape index (κ2) is 54.5. The molecule has 5 saturated heterocycles. The van der Waals surface area contributed by atoms with Gasteiger partial charge in [0.1, 0.15) is 57.3 Å². The summed E-state index contributed by atoms with van der Waals surface area (Å²) >= 11 is 0. The van der Waals surface area contributed by atoms with Crippen LogP contribution in [0.25, 0.3) is 43.4 Å². The van der Waals surface area contributed by atoms with Gasteiger partial charge >= 0.3 is 0 Å². The summed E-state index contributed by atoms with van der Waals surface area (Å²) in [6.07, 6.45) is 0.0694. The van der Waals surface area contributed by atoms with E-state index in [2.05, 4.69) is 291 Å². The van der Waals surface area contributed by atoms with Crippen molar-refractivity contribution >= 4 is 416 Å². The van der Waals surface area contributed by atoms with Gasteiger partial charge in [-0.15, -0.1) is 0 Å². The summed E-state index contributed by atoms with van der Waals surface area (Å²) in [6.45, 7) is 23.1. The molecule has 0 amide bonds. The van der Waals surface area contributed by atoms with Crippen molar-refractivity contribution in [2.75, 3.05) is 16.8 Å². The summed E-state index contributed by atoms with van der Waals surface area (Å²) in [7, 11) is 155. The number of benzene rings is 5. The molecular weight excluding hydrogens is 1490 g/mol. The zero-order chi connectivity index (χ0) is 95.7. The predicted octanol–water partition coefficient (Wildman–Crippen LogP) is -5.01. The van der Waals surface area contributed by atoms with E-state index in [1.807, 2.05) is 0 Å². The molecule has 5 aromatic carbocycles. The highest BCUT2D eigenvalue weighted by molar-refractivity contribution is 7.97. The number of anilines is 2. The molecular formula is C72H93B50N6+4. The summed E-state index contributed by atoms with van der Waals surface area (Å²) in [5.41, 5.74) is 14.4. The average molecular weight is 1580 g/mol. The van der Waals surface area contributed by atoms with E-state index in [0.29, 0.717) is 6.17 Å². The Kier molecular flexibility index (Phi) is 48.3. The van der Waals surface area contributed by atoms with Crippen molar-refractivity contribution in [1.82, 2.24) is 0 Å². The van der Waals surface area contributed by atoms with E-state index in [4.69, 9.17) is 193 Å². The molecule has 10 heterocycles. The van der Waals surface area contributed by atoms with Gasteiger partial charge in [0.25, 0.3) is 0 Å². The van der Waals surface area contributed by atoms with Crippen LogP contribution < -0.4 is 28.1 Å². The third-order valence-corrected chi connectivity index (χ3v) is 25.4. The van der Waals surface area contributed by atoms with Crippen molar-refractivity contribution in [2.24, 2.45) is 40.0 Å². The highest BCUT2D eigenvalue weighted by Crippen LogP contribution is 2.47. The molecule has 0 aliphatic carbocycles. The number of aryl methyl sites for hydroxylation is 4. The average Bonchev–Trinajstić information content (AvgIpc) is 1.59. The molecule has 11 atom stereocenters. The van der Waals surface area contributed by atoms with Gasteiger partial charge in [-0.3, -0.25) is 0 Å². The number of aromatic nitrogens is 4. The van der Waals surface area contributed by atoms with Crippen molar-refractivity contribution in [1.29, 1.82) is 0 Å². The van der Waals surface area contributed by atoms with E-state index < -0.39 is 63.9 Å². The number of pyridine rings is 4. The molecule has 4 aromatic heterocycles. The Balaban J connectivity index is 0.000000223. The molecule has 6 aliphatic heterocycles. The molecule has 0 bridgehead atoms. The lowest BCUT2D eigenvalue weighted by molar-refractivity contribution is -0.677. The minimum absolute atomic E-state index is 0.315. The largest absolute Gasteiger partial charge is 0.355 e. The minimum atomic E-state index is -0.574. The standard InChI is InChI=1S/2C17H23BN.2C13H15BN.C12H17BN2.5B9/c1-11(2)9-13-5-7-15-14(10-13)6-8-16(19(15)4)17-12(3)18-17;1-11(2)7-13-5-6-14-10-19(4)16(9-15(14)8-13)17-12(3)18-17;1-9-13(14-9)12-7-10-5-3-4-6-11(10)8-15(12)2;1-9-13(14-9)12-8-7-10-5-3-4-6-11(10)15(12)2;1-8-12(13-8)15-9(2)14(3)10-6-4-5-7-11(10)15;5*1-6-9(7(2)3)8(4)5/h5-8,10-12,17-18H,9H2,1-4H3;5-6,8-12,17-18H,7H2,1-4H3;2*3-9,13-14H,1-2H3;4-9,12-13H,1-3H3;;;;;/q4*+1;;;;;;/t;;;;8?,9-,12?;;;;;/m....0...../s1. The van der Waals surface area contributed by atoms with Crippen LogP contribution in [0.3, 0.4) is 0 Å². The van der Waals surface area contributed by atoms with Crippen molar-refractivity contribution in [3.05, 3.63) is 192 Å². The predicted molar refractivity (Wildman–Crippen MR) is 621 cm³/mol. The van der Waals surface area contributed by atoms with E-state index in [0.717, 1.165) is 70.1 Å². The third-order valence-electron chi connectivity index (χ3n) is 25.4. The van der Waals surface area contributed by atoms with E-state index in [9.17, 15) is 0 Å².